The standard InChI is InChI=1S/C17H18N2O3S/c1-13-9-15(11-18)7-8-17(13)23(21,22)19-12-16(20)10-14-5-3-2-4-6-14/h2-9,16,19-20H,10,12H2,1H3. The van der Waals surface area contributed by atoms with Crippen molar-refractivity contribution in [2.24, 2.45) is 0 Å². The summed E-state index contributed by atoms with van der Waals surface area (Å²) < 4.78 is 27.0. The smallest absolute Gasteiger partial charge is 0.240 e. The third-order valence-corrected chi connectivity index (χ3v) is 5.00. The quantitative estimate of drug-likeness (QED) is 0.844. The molecule has 0 aliphatic carbocycles. The average molecular weight is 330 g/mol. The Morgan fingerprint density at radius 2 is 1.91 bits per heavy atom. The zero-order valence-electron chi connectivity index (χ0n) is 12.7. The van der Waals surface area contributed by atoms with Crippen LogP contribution in [0.4, 0.5) is 0 Å². The SMILES string of the molecule is Cc1cc(C#N)ccc1S(=O)(=O)NCC(O)Cc1ccccc1. The highest BCUT2D eigenvalue weighted by atomic mass is 32.2. The van der Waals surface area contributed by atoms with E-state index < -0.39 is 16.1 Å². The molecule has 2 aromatic carbocycles. The van der Waals surface area contributed by atoms with Crippen molar-refractivity contribution < 1.29 is 13.5 Å². The van der Waals surface area contributed by atoms with Crippen LogP contribution in [0, 0.1) is 18.3 Å². The van der Waals surface area contributed by atoms with Crippen LogP contribution in [0.3, 0.4) is 0 Å². The minimum Gasteiger partial charge on any atom is -0.391 e. The molecule has 0 radical (unpaired) electrons. The molecule has 1 atom stereocenters. The molecule has 120 valence electrons. The first kappa shape index (κ1) is 17.2. The number of aryl methyl sites for hydroxylation is 1. The van der Waals surface area contributed by atoms with E-state index in [0.29, 0.717) is 17.5 Å². The number of nitriles is 1. The predicted octanol–water partition coefficient (Wildman–Crippen LogP) is 1.75. The zero-order chi connectivity index (χ0) is 16.9. The Morgan fingerprint density at radius 1 is 1.22 bits per heavy atom. The molecular weight excluding hydrogens is 312 g/mol. The van der Waals surface area contributed by atoms with Crippen LogP contribution in [-0.4, -0.2) is 26.2 Å². The molecule has 23 heavy (non-hydrogen) atoms. The Morgan fingerprint density at radius 3 is 2.52 bits per heavy atom. The maximum atomic E-state index is 12.3. The number of aliphatic hydroxyl groups is 1. The van der Waals surface area contributed by atoms with Crippen molar-refractivity contribution in [2.45, 2.75) is 24.3 Å². The molecule has 0 amide bonds. The van der Waals surface area contributed by atoms with Gasteiger partial charge in [0.05, 0.1) is 22.6 Å². The number of sulfonamides is 1. The summed E-state index contributed by atoms with van der Waals surface area (Å²) >= 11 is 0. The highest BCUT2D eigenvalue weighted by Crippen LogP contribution is 2.16. The van der Waals surface area contributed by atoms with Gasteiger partial charge in [0.1, 0.15) is 0 Å². The van der Waals surface area contributed by atoms with Crippen molar-refractivity contribution in [1.82, 2.24) is 4.72 Å². The van der Waals surface area contributed by atoms with Gasteiger partial charge in [-0.2, -0.15) is 5.26 Å². The summed E-state index contributed by atoms with van der Waals surface area (Å²) in [5.74, 6) is 0. The minimum absolute atomic E-state index is 0.0727. The van der Waals surface area contributed by atoms with Crippen LogP contribution in [0.2, 0.25) is 0 Å². The highest BCUT2D eigenvalue weighted by Gasteiger charge is 2.18. The van der Waals surface area contributed by atoms with Crippen LogP contribution in [0.1, 0.15) is 16.7 Å². The van der Waals surface area contributed by atoms with Crippen molar-refractivity contribution in [2.75, 3.05) is 6.54 Å². The largest absolute Gasteiger partial charge is 0.391 e. The lowest BCUT2D eigenvalue weighted by atomic mass is 10.1. The van der Waals surface area contributed by atoms with Gasteiger partial charge in [-0.25, -0.2) is 13.1 Å². The molecule has 2 aromatic rings. The molecule has 0 aromatic heterocycles. The topological polar surface area (TPSA) is 90.2 Å². The Balaban J connectivity index is 2.03. The summed E-state index contributed by atoms with van der Waals surface area (Å²) in [6.45, 7) is 1.56. The molecule has 0 heterocycles. The van der Waals surface area contributed by atoms with Gasteiger partial charge in [0.15, 0.2) is 0 Å². The highest BCUT2D eigenvalue weighted by molar-refractivity contribution is 7.89. The molecule has 6 heteroatoms. The fourth-order valence-corrected chi connectivity index (χ4v) is 3.56. The number of aliphatic hydroxyl groups excluding tert-OH is 1. The van der Waals surface area contributed by atoms with Crippen LogP contribution >= 0.6 is 0 Å². The van der Waals surface area contributed by atoms with Gasteiger partial charge in [-0.3, -0.25) is 0 Å². The van der Waals surface area contributed by atoms with Gasteiger partial charge < -0.3 is 5.11 Å². The third-order valence-electron chi connectivity index (χ3n) is 3.42. The first-order valence-corrected chi connectivity index (χ1v) is 8.63. The second kappa shape index (κ2) is 7.38. The van der Waals surface area contributed by atoms with Gasteiger partial charge in [-0.05, 0) is 42.7 Å². The minimum atomic E-state index is -3.72. The number of nitrogens with one attached hydrogen (secondary N) is 1. The molecule has 0 bridgehead atoms. The van der Waals surface area contributed by atoms with E-state index in [1.807, 2.05) is 36.4 Å². The normalized spacial score (nSPS) is 12.6. The lowest BCUT2D eigenvalue weighted by Crippen LogP contribution is -2.33. The van der Waals surface area contributed by atoms with E-state index in [0.717, 1.165) is 5.56 Å². The number of hydrogen-bond acceptors (Lipinski definition) is 4. The second-order valence-corrected chi connectivity index (χ2v) is 7.02. The van der Waals surface area contributed by atoms with Gasteiger partial charge in [-0.1, -0.05) is 30.3 Å². The zero-order valence-corrected chi connectivity index (χ0v) is 13.5. The summed E-state index contributed by atoms with van der Waals surface area (Å²) in [6, 6.07) is 15.7. The average Bonchev–Trinajstić information content (AvgIpc) is 2.53. The van der Waals surface area contributed by atoms with Gasteiger partial charge in [-0.15, -0.1) is 0 Å². The fourth-order valence-electron chi connectivity index (χ4n) is 2.26. The molecule has 0 aliphatic rings. The van der Waals surface area contributed by atoms with E-state index in [-0.39, 0.29) is 11.4 Å². The lowest BCUT2D eigenvalue weighted by molar-refractivity contribution is 0.179. The number of benzene rings is 2. The molecule has 0 fully saturated rings. The maximum absolute atomic E-state index is 12.3. The molecule has 0 saturated heterocycles. The summed E-state index contributed by atoms with van der Waals surface area (Å²) in [5.41, 5.74) is 1.84. The first-order chi connectivity index (χ1) is 10.9. The second-order valence-electron chi connectivity index (χ2n) is 5.29. The molecule has 0 spiro atoms. The van der Waals surface area contributed by atoms with Crippen molar-refractivity contribution in [3.63, 3.8) is 0 Å². The van der Waals surface area contributed by atoms with E-state index in [9.17, 15) is 13.5 Å². The fraction of sp³-hybridized carbons (Fsp3) is 0.235. The van der Waals surface area contributed by atoms with Crippen molar-refractivity contribution >= 4 is 10.0 Å². The van der Waals surface area contributed by atoms with Crippen molar-refractivity contribution in [3.05, 3.63) is 65.2 Å². The van der Waals surface area contributed by atoms with Crippen LogP contribution in [0.25, 0.3) is 0 Å². The molecule has 2 rings (SSSR count). The molecule has 5 nitrogen and oxygen atoms in total. The monoisotopic (exact) mass is 330 g/mol. The summed E-state index contributed by atoms with van der Waals surface area (Å²) in [5, 5.41) is 18.8. The van der Waals surface area contributed by atoms with Crippen LogP contribution in [0.15, 0.2) is 53.4 Å². The van der Waals surface area contributed by atoms with Crippen LogP contribution < -0.4 is 4.72 Å². The van der Waals surface area contributed by atoms with Gasteiger partial charge in [0.2, 0.25) is 10.0 Å². The summed E-state index contributed by atoms with van der Waals surface area (Å²) in [6.07, 6.45) is -0.443. The first-order valence-electron chi connectivity index (χ1n) is 7.15. The van der Waals surface area contributed by atoms with Gasteiger partial charge in [0, 0.05) is 6.54 Å². The van der Waals surface area contributed by atoms with E-state index >= 15 is 0 Å². The number of nitrogens with zero attached hydrogens (tertiary/aromatic N) is 1. The van der Waals surface area contributed by atoms with Crippen molar-refractivity contribution in [3.8, 4) is 6.07 Å². The molecule has 0 aliphatic heterocycles. The predicted molar refractivity (Wildman–Crippen MR) is 87.2 cm³/mol. The molecule has 1 unspecified atom stereocenters. The Labute approximate surface area is 136 Å². The van der Waals surface area contributed by atoms with Gasteiger partial charge in [0.25, 0.3) is 0 Å². The van der Waals surface area contributed by atoms with Crippen LogP contribution in [0.5, 0.6) is 0 Å². The Bertz CT molecular complexity index is 811. The number of rotatable bonds is 6. The third kappa shape index (κ3) is 4.63. The molecule has 0 saturated carbocycles. The van der Waals surface area contributed by atoms with Gasteiger partial charge >= 0.3 is 0 Å². The maximum Gasteiger partial charge on any atom is 0.240 e. The molecule has 2 N–H and O–H groups in total. The Hall–Kier alpha value is -2.20. The van der Waals surface area contributed by atoms with E-state index in [1.165, 1.54) is 18.2 Å². The van der Waals surface area contributed by atoms with E-state index in [4.69, 9.17) is 5.26 Å². The summed E-state index contributed by atoms with van der Waals surface area (Å²) in [4.78, 5) is 0.114. The van der Waals surface area contributed by atoms with E-state index in [1.54, 1.807) is 6.92 Å². The van der Waals surface area contributed by atoms with Crippen molar-refractivity contribution in [1.29, 1.82) is 5.26 Å². The van der Waals surface area contributed by atoms with Crippen LogP contribution in [-0.2, 0) is 16.4 Å². The molecular formula is C17H18N2O3S. The Kier molecular flexibility index (Phi) is 5.50. The van der Waals surface area contributed by atoms with E-state index in [2.05, 4.69) is 4.72 Å². The lowest BCUT2D eigenvalue weighted by Gasteiger charge is -2.13. The summed E-state index contributed by atoms with van der Waals surface area (Å²) in [7, 11) is -3.72. The number of hydrogen-bond donors (Lipinski definition) is 2.